The van der Waals surface area contributed by atoms with Crippen molar-refractivity contribution in [1.29, 1.82) is 0 Å². The highest BCUT2D eigenvalue weighted by atomic mass is 19.1. The molecule has 2 rings (SSSR count). The fraction of sp³-hybridized carbons (Fsp3) is 0.111. The molecule has 0 aromatic heterocycles. The maximum atomic E-state index is 13.4. The predicted octanol–water partition coefficient (Wildman–Crippen LogP) is 1.67. The second-order valence-corrected chi connectivity index (χ2v) is 2.86. The van der Waals surface area contributed by atoms with Crippen LogP contribution in [0.15, 0.2) is 39.7 Å². The topological polar surface area (TPSA) is 54.1 Å². The summed E-state index contributed by atoms with van der Waals surface area (Å²) in [6, 6.07) is 5.92. The number of hydrogen-bond donors (Lipinski definition) is 0. The summed E-state index contributed by atoms with van der Waals surface area (Å²) in [7, 11) is 0. The minimum atomic E-state index is -1.37. The Labute approximate surface area is 79.2 Å². The molecule has 0 amide bonds. The van der Waals surface area contributed by atoms with E-state index in [1.807, 2.05) is 0 Å². The van der Waals surface area contributed by atoms with Gasteiger partial charge in [-0.25, -0.2) is 4.39 Å². The first-order chi connectivity index (χ1) is 6.78. The van der Waals surface area contributed by atoms with E-state index in [4.69, 9.17) is 0 Å². The number of nitrogens with zero attached hydrogens (tertiary/aromatic N) is 3. The Kier molecular flexibility index (Phi) is 1.92. The summed E-state index contributed by atoms with van der Waals surface area (Å²) in [6.45, 7) is 0. The third kappa shape index (κ3) is 1.14. The lowest BCUT2D eigenvalue weighted by molar-refractivity contribution is -0.110. The molecule has 1 heterocycles. The average molecular weight is 191 g/mol. The molecule has 0 fully saturated rings. The van der Waals surface area contributed by atoms with Crippen LogP contribution < -0.4 is 0 Å². The van der Waals surface area contributed by atoms with Gasteiger partial charge in [-0.2, -0.15) is 0 Å². The molecule has 0 saturated heterocycles. The summed E-state index contributed by atoms with van der Waals surface area (Å²) in [4.78, 5) is 10.9. The van der Waals surface area contributed by atoms with Crippen LogP contribution in [0.25, 0.3) is 0 Å². The summed E-state index contributed by atoms with van der Waals surface area (Å²) in [5, 5.41) is 10.4. The summed E-state index contributed by atoms with van der Waals surface area (Å²) in [5.41, 5.74) is -1.20. The Bertz CT molecular complexity index is 416. The van der Waals surface area contributed by atoms with Gasteiger partial charge in [-0.05, 0) is 11.3 Å². The van der Waals surface area contributed by atoms with Crippen LogP contribution in [0, 0.1) is 5.82 Å². The Morgan fingerprint density at radius 1 is 1.36 bits per heavy atom. The maximum absolute atomic E-state index is 13.4. The zero-order valence-corrected chi connectivity index (χ0v) is 7.09. The van der Waals surface area contributed by atoms with E-state index in [2.05, 4.69) is 15.4 Å². The van der Waals surface area contributed by atoms with Gasteiger partial charge in [0, 0.05) is 5.56 Å². The Balaban J connectivity index is 2.58. The van der Waals surface area contributed by atoms with Crippen molar-refractivity contribution in [2.24, 2.45) is 15.4 Å². The molecule has 1 aromatic rings. The quantitative estimate of drug-likeness (QED) is 0.656. The summed E-state index contributed by atoms with van der Waals surface area (Å²) < 4.78 is 13.4. The van der Waals surface area contributed by atoms with Crippen LogP contribution in [0.2, 0.25) is 0 Å². The van der Waals surface area contributed by atoms with Crippen molar-refractivity contribution < 1.29 is 9.18 Å². The lowest BCUT2D eigenvalue weighted by Crippen LogP contribution is -2.26. The van der Waals surface area contributed by atoms with Gasteiger partial charge in [0.1, 0.15) is 5.82 Å². The normalized spacial score (nSPS) is 24.1. The van der Waals surface area contributed by atoms with Crippen molar-refractivity contribution in [1.82, 2.24) is 0 Å². The van der Waals surface area contributed by atoms with Crippen LogP contribution >= 0.6 is 0 Å². The van der Waals surface area contributed by atoms with Crippen molar-refractivity contribution >= 4 is 12.5 Å². The molecule has 1 aromatic carbocycles. The number of benzene rings is 1. The van der Waals surface area contributed by atoms with Crippen LogP contribution in [0.4, 0.5) is 4.39 Å². The van der Waals surface area contributed by atoms with E-state index in [0.29, 0.717) is 6.29 Å². The van der Waals surface area contributed by atoms with Gasteiger partial charge < -0.3 is 0 Å². The fourth-order valence-corrected chi connectivity index (χ4v) is 1.27. The molecule has 70 valence electrons. The van der Waals surface area contributed by atoms with Crippen molar-refractivity contribution in [3.63, 3.8) is 0 Å². The first-order valence-corrected chi connectivity index (χ1v) is 3.96. The Hall–Kier alpha value is -1.91. The minimum absolute atomic E-state index is 0.167. The van der Waals surface area contributed by atoms with Gasteiger partial charge in [0.25, 0.3) is 0 Å². The fourth-order valence-electron chi connectivity index (χ4n) is 1.27. The molecule has 0 spiro atoms. The number of carbonyl (C=O) groups excluding carboxylic acids is 1. The second kappa shape index (κ2) is 3.10. The number of hydrogen-bond acceptors (Lipinski definition) is 4. The third-order valence-corrected chi connectivity index (χ3v) is 2.00. The van der Waals surface area contributed by atoms with E-state index in [1.165, 1.54) is 18.3 Å². The minimum Gasteiger partial charge on any atom is -0.300 e. The smallest absolute Gasteiger partial charge is 0.203 e. The highest BCUT2D eigenvalue weighted by Gasteiger charge is 2.35. The summed E-state index contributed by atoms with van der Waals surface area (Å²) in [6.07, 6.45) is 1.74. The van der Waals surface area contributed by atoms with Crippen LogP contribution in [-0.4, -0.2) is 12.5 Å². The van der Waals surface area contributed by atoms with Gasteiger partial charge in [0.15, 0.2) is 6.29 Å². The lowest BCUT2D eigenvalue weighted by Gasteiger charge is -2.13. The first kappa shape index (κ1) is 8.68. The molecular weight excluding hydrogens is 185 g/mol. The highest BCUT2D eigenvalue weighted by molar-refractivity contribution is 5.94. The molecule has 0 saturated carbocycles. The van der Waals surface area contributed by atoms with E-state index < -0.39 is 11.4 Å². The van der Waals surface area contributed by atoms with Crippen molar-refractivity contribution in [2.45, 2.75) is 5.54 Å². The molecule has 0 N–H and O–H groups in total. The van der Waals surface area contributed by atoms with Crippen molar-refractivity contribution in [3.05, 3.63) is 35.6 Å². The molecule has 0 bridgehead atoms. The van der Waals surface area contributed by atoms with Gasteiger partial charge in [-0.1, -0.05) is 18.2 Å². The number of rotatable bonds is 2. The third-order valence-electron chi connectivity index (χ3n) is 2.00. The molecule has 1 unspecified atom stereocenters. The summed E-state index contributed by atoms with van der Waals surface area (Å²) in [5.74, 6) is -0.494. The molecule has 0 aliphatic carbocycles. The molecule has 1 aliphatic rings. The Morgan fingerprint density at radius 3 is 2.71 bits per heavy atom. The van der Waals surface area contributed by atoms with Gasteiger partial charge in [-0.15, -0.1) is 10.2 Å². The number of halogens is 1. The average Bonchev–Trinajstić information content (AvgIpc) is 2.68. The van der Waals surface area contributed by atoms with E-state index in [0.717, 1.165) is 0 Å². The van der Waals surface area contributed by atoms with Crippen LogP contribution in [0.3, 0.4) is 0 Å². The molecule has 14 heavy (non-hydrogen) atoms. The van der Waals surface area contributed by atoms with E-state index >= 15 is 0 Å². The number of aldehydes is 1. The molecule has 5 heteroatoms. The first-order valence-electron chi connectivity index (χ1n) is 3.96. The van der Waals surface area contributed by atoms with Crippen LogP contribution in [-0.2, 0) is 10.3 Å². The van der Waals surface area contributed by atoms with E-state index in [9.17, 15) is 9.18 Å². The van der Waals surface area contributed by atoms with Gasteiger partial charge in [0.05, 0.1) is 6.21 Å². The standard InChI is InChI=1S/C9H6FN3O/c10-8-4-2-1-3-7(8)9(6-14)5-11-13-12-9/h1-6H. The summed E-state index contributed by atoms with van der Waals surface area (Å²) >= 11 is 0. The van der Waals surface area contributed by atoms with Gasteiger partial charge in [-0.3, -0.25) is 4.79 Å². The molecule has 1 aliphatic heterocycles. The largest absolute Gasteiger partial charge is 0.300 e. The molecule has 4 nitrogen and oxygen atoms in total. The molecule has 1 atom stereocenters. The maximum Gasteiger partial charge on any atom is 0.203 e. The SMILES string of the molecule is O=CC1(c2ccccc2F)C=NN=N1. The van der Waals surface area contributed by atoms with E-state index in [1.54, 1.807) is 12.1 Å². The zero-order chi connectivity index (χ0) is 10.0. The lowest BCUT2D eigenvalue weighted by atomic mass is 9.93. The predicted molar refractivity (Wildman–Crippen MR) is 47.5 cm³/mol. The Morgan fingerprint density at radius 2 is 2.14 bits per heavy atom. The van der Waals surface area contributed by atoms with Gasteiger partial charge in [0.2, 0.25) is 5.54 Å². The molecular formula is C9H6FN3O. The second-order valence-electron chi connectivity index (χ2n) is 2.86. The van der Waals surface area contributed by atoms with Crippen LogP contribution in [0.5, 0.6) is 0 Å². The number of carbonyl (C=O) groups is 1. The van der Waals surface area contributed by atoms with E-state index in [-0.39, 0.29) is 5.56 Å². The van der Waals surface area contributed by atoms with Gasteiger partial charge >= 0.3 is 0 Å². The zero-order valence-electron chi connectivity index (χ0n) is 7.09. The van der Waals surface area contributed by atoms with Crippen molar-refractivity contribution in [3.8, 4) is 0 Å². The monoisotopic (exact) mass is 191 g/mol. The van der Waals surface area contributed by atoms with Crippen LogP contribution in [0.1, 0.15) is 5.56 Å². The molecule has 0 radical (unpaired) electrons. The van der Waals surface area contributed by atoms with Crippen molar-refractivity contribution in [2.75, 3.05) is 0 Å². The highest BCUT2D eigenvalue weighted by Crippen LogP contribution is 2.27.